The molecule has 2 heterocycles. The first kappa shape index (κ1) is 20.4. The lowest BCUT2D eigenvalue weighted by molar-refractivity contribution is -0.122. The number of para-hydroxylation sites is 1. The fraction of sp³-hybridized carbons (Fsp3) is 0.200. The molecular formula is C20H17ClFN5O2S. The van der Waals surface area contributed by atoms with Crippen molar-refractivity contribution in [1.29, 1.82) is 0 Å². The Balaban J connectivity index is 1.52. The minimum atomic E-state index is -0.608. The number of nitrogens with zero attached hydrogens (tertiary/aromatic N) is 4. The summed E-state index contributed by atoms with van der Waals surface area (Å²) >= 11 is 7.45. The van der Waals surface area contributed by atoms with Gasteiger partial charge in [-0.1, -0.05) is 23.7 Å². The lowest BCUT2D eigenvalue weighted by atomic mass is 10.1. The summed E-state index contributed by atoms with van der Waals surface area (Å²) in [7, 11) is 1.82. The Kier molecular flexibility index (Phi) is 5.74. The maximum atomic E-state index is 14.1. The molecule has 10 heteroatoms. The fourth-order valence-corrected chi connectivity index (χ4v) is 4.18. The molecule has 1 atom stereocenters. The minimum Gasteiger partial charge on any atom is -0.325 e. The zero-order valence-corrected chi connectivity index (χ0v) is 17.5. The van der Waals surface area contributed by atoms with Crippen LogP contribution in [0.3, 0.4) is 0 Å². The number of benzene rings is 2. The largest absolute Gasteiger partial charge is 0.325 e. The zero-order chi connectivity index (χ0) is 21.3. The van der Waals surface area contributed by atoms with Crippen LogP contribution < -0.4 is 10.2 Å². The van der Waals surface area contributed by atoms with E-state index in [1.807, 2.05) is 7.05 Å². The van der Waals surface area contributed by atoms with Crippen molar-refractivity contribution in [2.24, 2.45) is 13.0 Å². The van der Waals surface area contributed by atoms with Crippen LogP contribution >= 0.6 is 23.4 Å². The lowest BCUT2D eigenvalue weighted by Gasteiger charge is -2.17. The third-order valence-corrected chi connectivity index (χ3v) is 6.07. The van der Waals surface area contributed by atoms with Crippen molar-refractivity contribution in [1.82, 2.24) is 14.8 Å². The van der Waals surface area contributed by atoms with Gasteiger partial charge in [0.2, 0.25) is 11.8 Å². The van der Waals surface area contributed by atoms with Gasteiger partial charge in [-0.25, -0.2) is 4.39 Å². The van der Waals surface area contributed by atoms with Gasteiger partial charge in [0, 0.05) is 29.9 Å². The zero-order valence-electron chi connectivity index (χ0n) is 15.9. The van der Waals surface area contributed by atoms with Gasteiger partial charge in [-0.3, -0.25) is 9.59 Å². The van der Waals surface area contributed by atoms with Crippen molar-refractivity contribution < 1.29 is 14.0 Å². The third-order valence-electron chi connectivity index (χ3n) is 4.71. The number of hydrogen-bond acceptors (Lipinski definition) is 5. The monoisotopic (exact) mass is 445 g/mol. The van der Waals surface area contributed by atoms with E-state index < -0.39 is 11.7 Å². The van der Waals surface area contributed by atoms with Crippen LogP contribution in [0.2, 0.25) is 5.02 Å². The van der Waals surface area contributed by atoms with Crippen LogP contribution in [-0.4, -0.2) is 33.1 Å². The van der Waals surface area contributed by atoms with Crippen LogP contribution in [0.1, 0.15) is 6.42 Å². The summed E-state index contributed by atoms with van der Waals surface area (Å²) in [6.45, 7) is 0.109. The third kappa shape index (κ3) is 4.17. The SMILES string of the molecule is Cn1cnnc1Sc1ccc(Cl)cc1NC(=O)[C@@H]1CC(=O)N(c2ccccc2F)C1. The van der Waals surface area contributed by atoms with Gasteiger partial charge in [-0.2, -0.15) is 0 Å². The van der Waals surface area contributed by atoms with Crippen molar-refractivity contribution in [2.75, 3.05) is 16.8 Å². The summed E-state index contributed by atoms with van der Waals surface area (Å²) < 4.78 is 15.8. The normalized spacial score (nSPS) is 16.2. The Morgan fingerprint density at radius 1 is 1.30 bits per heavy atom. The molecular weight excluding hydrogens is 429 g/mol. The van der Waals surface area contributed by atoms with E-state index in [0.29, 0.717) is 15.9 Å². The summed E-state index contributed by atoms with van der Waals surface area (Å²) in [5, 5.41) is 11.9. The Morgan fingerprint density at radius 2 is 2.10 bits per heavy atom. The van der Waals surface area contributed by atoms with E-state index in [1.54, 1.807) is 41.2 Å². The average molecular weight is 446 g/mol. The molecule has 0 spiro atoms. The van der Waals surface area contributed by atoms with Crippen molar-refractivity contribution in [3.05, 3.63) is 59.6 Å². The maximum absolute atomic E-state index is 14.1. The molecule has 0 bridgehead atoms. The standard InChI is InChI=1S/C20H17ClFN5O2S/c1-26-11-23-25-20(26)30-17-7-6-13(21)9-15(17)24-19(29)12-8-18(28)27(10-12)16-5-3-2-4-14(16)22/h2-7,9,11-12H,8,10H2,1H3,(H,24,29)/t12-/m1/s1. The first-order valence-corrected chi connectivity index (χ1v) is 10.3. The molecule has 0 aliphatic carbocycles. The molecule has 1 aromatic heterocycles. The Bertz CT molecular complexity index is 1120. The van der Waals surface area contributed by atoms with Gasteiger partial charge >= 0.3 is 0 Å². The predicted molar refractivity (Wildman–Crippen MR) is 112 cm³/mol. The molecule has 0 radical (unpaired) electrons. The number of amides is 2. The number of anilines is 2. The first-order chi connectivity index (χ1) is 14.4. The lowest BCUT2D eigenvalue weighted by Crippen LogP contribution is -2.28. The van der Waals surface area contributed by atoms with Gasteiger partial charge in [-0.15, -0.1) is 10.2 Å². The van der Waals surface area contributed by atoms with Crippen LogP contribution in [0.15, 0.2) is 58.8 Å². The number of carbonyl (C=O) groups excluding carboxylic acids is 2. The first-order valence-electron chi connectivity index (χ1n) is 9.09. The highest BCUT2D eigenvalue weighted by Crippen LogP contribution is 2.35. The molecule has 1 aliphatic heterocycles. The van der Waals surface area contributed by atoms with E-state index in [0.717, 1.165) is 4.90 Å². The van der Waals surface area contributed by atoms with Crippen LogP contribution in [0.4, 0.5) is 15.8 Å². The van der Waals surface area contributed by atoms with Crippen molar-refractivity contribution >= 4 is 46.6 Å². The summed E-state index contributed by atoms with van der Waals surface area (Å²) in [5.41, 5.74) is 0.691. The molecule has 154 valence electrons. The fourth-order valence-electron chi connectivity index (χ4n) is 3.17. The van der Waals surface area contributed by atoms with Crippen LogP contribution in [0, 0.1) is 11.7 Å². The number of aromatic nitrogens is 3. The summed E-state index contributed by atoms with van der Waals surface area (Å²) in [6.07, 6.45) is 1.59. The van der Waals surface area contributed by atoms with Gasteiger partial charge in [0.15, 0.2) is 5.16 Å². The number of nitrogens with one attached hydrogen (secondary N) is 1. The van der Waals surface area contributed by atoms with Crippen molar-refractivity contribution in [3.8, 4) is 0 Å². The number of halogens is 2. The highest BCUT2D eigenvalue weighted by atomic mass is 35.5. The Morgan fingerprint density at radius 3 is 2.83 bits per heavy atom. The number of hydrogen-bond donors (Lipinski definition) is 1. The average Bonchev–Trinajstić information content (AvgIpc) is 3.30. The molecule has 0 unspecified atom stereocenters. The van der Waals surface area contributed by atoms with Crippen LogP contribution in [0.5, 0.6) is 0 Å². The van der Waals surface area contributed by atoms with E-state index in [1.165, 1.54) is 28.8 Å². The number of aryl methyl sites for hydroxylation is 1. The smallest absolute Gasteiger partial charge is 0.229 e. The second kappa shape index (κ2) is 8.45. The molecule has 7 nitrogen and oxygen atoms in total. The highest BCUT2D eigenvalue weighted by molar-refractivity contribution is 7.99. The van der Waals surface area contributed by atoms with Crippen LogP contribution in [-0.2, 0) is 16.6 Å². The van der Waals surface area contributed by atoms with Crippen LogP contribution in [0.25, 0.3) is 0 Å². The molecule has 3 aromatic rings. The molecule has 4 rings (SSSR count). The highest BCUT2D eigenvalue weighted by Gasteiger charge is 2.36. The maximum Gasteiger partial charge on any atom is 0.229 e. The molecule has 30 heavy (non-hydrogen) atoms. The van der Waals surface area contributed by atoms with Gasteiger partial charge in [-0.05, 0) is 42.1 Å². The predicted octanol–water partition coefficient (Wildman–Crippen LogP) is 3.75. The summed E-state index contributed by atoms with van der Waals surface area (Å²) in [4.78, 5) is 27.3. The number of rotatable bonds is 5. The van der Waals surface area contributed by atoms with Gasteiger partial charge in [0.1, 0.15) is 12.1 Å². The Hall–Kier alpha value is -2.91. The van der Waals surface area contributed by atoms with Crippen molar-refractivity contribution in [3.63, 3.8) is 0 Å². The quantitative estimate of drug-likeness (QED) is 0.647. The van der Waals surface area contributed by atoms with Gasteiger partial charge in [0.05, 0.1) is 17.3 Å². The molecule has 1 N–H and O–H groups in total. The summed E-state index contributed by atoms with van der Waals surface area (Å²) in [5.74, 6) is -1.72. The molecule has 1 aliphatic rings. The Labute approximate surface area is 181 Å². The topological polar surface area (TPSA) is 80.1 Å². The van der Waals surface area contributed by atoms with E-state index in [-0.39, 0.29) is 30.5 Å². The molecule has 1 saturated heterocycles. The molecule has 0 saturated carbocycles. The number of carbonyl (C=O) groups is 2. The van der Waals surface area contributed by atoms with Gasteiger partial charge < -0.3 is 14.8 Å². The second-order valence-electron chi connectivity index (χ2n) is 6.81. The van der Waals surface area contributed by atoms with E-state index in [2.05, 4.69) is 15.5 Å². The molecule has 2 amide bonds. The van der Waals surface area contributed by atoms with Crippen molar-refractivity contribution in [2.45, 2.75) is 16.5 Å². The molecule has 2 aromatic carbocycles. The van der Waals surface area contributed by atoms with E-state index >= 15 is 0 Å². The van der Waals surface area contributed by atoms with Gasteiger partial charge in [0.25, 0.3) is 0 Å². The summed E-state index contributed by atoms with van der Waals surface area (Å²) in [6, 6.07) is 11.2. The van der Waals surface area contributed by atoms with E-state index in [4.69, 9.17) is 11.6 Å². The minimum absolute atomic E-state index is 0.00644. The molecule has 1 fully saturated rings. The van der Waals surface area contributed by atoms with E-state index in [9.17, 15) is 14.0 Å². The second-order valence-corrected chi connectivity index (χ2v) is 8.26.